The first-order valence-corrected chi connectivity index (χ1v) is 23.7. The molecule has 0 radical (unpaired) electrons. The summed E-state index contributed by atoms with van der Waals surface area (Å²) in [6, 6.07) is 8.22. The van der Waals surface area contributed by atoms with Crippen LogP contribution in [0.5, 0.6) is 0 Å². The van der Waals surface area contributed by atoms with E-state index in [2.05, 4.69) is 67.7 Å². The highest BCUT2D eigenvalue weighted by Crippen LogP contribution is 2.45. The summed E-state index contributed by atoms with van der Waals surface area (Å²) in [4.78, 5) is 12.8. The standard InChI is InChI=1S/C36H64N2O9Si2/c1-34(2,3)48(7,8)43-22-24(47-49(9,10)35(4,5)6)16-27(39)28-17-30-33(44-28)26(38)20-36(46-30)19-25(37)32(41)29(45-36)18-31(40)42-21-23-14-12-11-13-15-23/h11-15,24-30,32-33,39,41H,16-22,37-38H2,1-10H3/t24-,25+,26+,27+,28+,29?,30?,32+,33?,36-/m1/s1. The highest BCUT2D eigenvalue weighted by Gasteiger charge is 2.57. The largest absolute Gasteiger partial charge is 0.461 e. The van der Waals surface area contributed by atoms with E-state index in [0.717, 1.165) is 5.56 Å². The van der Waals surface area contributed by atoms with Gasteiger partial charge in [0.1, 0.15) is 6.61 Å². The van der Waals surface area contributed by atoms with Gasteiger partial charge in [-0.15, -0.1) is 0 Å². The smallest absolute Gasteiger partial charge is 0.308 e. The van der Waals surface area contributed by atoms with E-state index in [9.17, 15) is 15.0 Å². The minimum absolute atomic E-state index is 0.00811. The molecular formula is C36H64N2O9Si2. The van der Waals surface area contributed by atoms with Crippen molar-refractivity contribution in [3.8, 4) is 0 Å². The number of aliphatic hydroxyl groups is 2. The van der Waals surface area contributed by atoms with Crippen LogP contribution in [0.15, 0.2) is 30.3 Å². The van der Waals surface area contributed by atoms with E-state index < -0.39 is 77.1 Å². The molecule has 6 N–H and O–H groups in total. The van der Waals surface area contributed by atoms with Crippen LogP contribution in [0.1, 0.15) is 79.2 Å². The van der Waals surface area contributed by atoms with Crippen molar-refractivity contribution in [1.29, 1.82) is 0 Å². The summed E-state index contributed by atoms with van der Waals surface area (Å²) in [5.41, 5.74) is 14.0. The Hall–Kier alpha value is -1.24. The molecule has 49 heavy (non-hydrogen) atoms. The normalized spacial score (nSPS) is 32.5. The second kappa shape index (κ2) is 15.4. The van der Waals surface area contributed by atoms with Gasteiger partial charge in [-0.3, -0.25) is 4.79 Å². The Morgan fingerprint density at radius 1 is 0.980 bits per heavy atom. The van der Waals surface area contributed by atoms with Crippen molar-refractivity contribution < 1.29 is 42.8 Å². The third kappa shape index (κ3) is 10.0. The van der Waals surface area contributed by atoms with Crippen molar-refractivity contribution in [2.24, 2.45) is 11.5 Å². The summed E-state index contributed by atoms with van der Waals surface area (Å²) >= 11 is 0. The van der Waals surface area contributed by atoms with Gasteiger partial charge in [-0.05, 0) is 41.8 Å². The molecule has 4 rings (SSSR count). The van der Waals surface area contributed by atoms with Crippen molar-refractivity contribution in [2.45, 2.75) is 177 Å². The Bertz CT molecular complexity index is 1240. The third-order valence-electron chi connectivity index (χ3n) is 11.5. The molecule has 1 aromatic rings. The van der Waals surface area contributed by atoms with Crippen LogP contribution in [-0.4, -0.2) is 100 Å². The predicted molar refractivity (Wildman–Crippen MR) is 194 cm³/mol. The van der Waals surface area contributed by atoms with Crippen molar-refractivity contribution in [1.82, 2.24) is 0 Å². The van der Waals surface area contributed by atoms with E-state index >= 15 is 0 Å². The summed E-state index contributed by atoms with van der Waals surface area (Å²) in [7, 11) is -4.24. The molecule has 13 heteroatoms. The number of fused-ring (bicyclic) bond motifs is 1. The second-order valence-electron chi connectivity index (χ2n) is 17.5. The maximum absolute atomic E-state index is 12.8. The number of hydrogen-bond acceptors (Lipinski definition) is 11. The molecule has 0 bridgehead atoms. The number of hydrogen-bond donors (Lipinski definition) is 4. The van der Waals surface area contributed by atoms with Crippen LogP contribution in [0, 0.1) is 0 Å². The number of esters is 1. The van der Waals surface area contributed by atoms with Gasteiger partial charge < -0.3 is 49.5 Å². The maximum atomic E-state index is 12.8. The van der Waals surface area contributed by atoms with E-state index in [0.29, 0.717) is 19.4 Å². The number of rotatable bonds is 12. The van der Waals surface area contributed by atoms with Gasteiger partial charge in [-0.25, -0.2) is 0 Å². The highest BCUT2D eigenvalue weighted by atomic mass is 28.4. The molecule has 280 valence electrons. The highest BCUT2D eigenvalue weighted by molar-refractivity contribution is 6.74. The van der Waals surface area contributed by atoms with Gasteiger partial charge in [0.05, 0.1) is 55.8 Å². The Labute approximate surface area is 295 Å². The molecule has 0 aromatic heterocycles. The summed E-state index contributed by atoms with van der Waals surface area (Å²) in [5.74, 6) is -1.70. The molecule has 10 atom stereocenters. The van der Waals surface area contributed by atoms with Crippen LogP contribution >= 0.6 is 0 Å². The average Bonchev–Trinajstić information content (AvgIpc) is 3.41. The molecule has 11 nitrogen and oxygen atoms in total. The van der Waals surface area contributed by atoms with E-state index in [1.807, 2.05) is 30.3 Å². The van der Waals surface area contributed by atoms with Crippen LogP contribution < -0.4 is 11.5 Å². The van der Waals surface area contributed by atoms with Gasteiger partial charge in [-0.1, -0.05) is 71.9 Å². The van der Waals surface area contributed by atoms with Crippen LogP contribution in [0.3, 0.4) is 0 Å². The first-order valence-electron chi connectivity index (χ1n) is 17.9. The fraction of sp³-hybridized carbons (Fsp3) is 0.806. The lowest BCUT2D eigenvalue weighted by atomic mass is 9.84. The molecule has 0 saturated carbocycles. The lowest BCUT2D eigenvalue weighted by Crippen LogP contribution is -2.65. The molecule has 1 aromatic carbocycles. The van der Waals surface area contributed by atoms with Gasteiger partial charge in [0.15, 0.2) is 22.4 Å². The maximum Gasteiger partial charge on any atom is 0.308 e. The van der Waals surface area contributed by atoms with Gasteiger partial charge in [0.2, 0.25) is 0 Å². The van der Waals surface area contributed by atoms with Crippen molar-refractivity contribution in [2.75, 3.05) is 6.61 Å². The van der Waals surface area contributed by atoms with E-state index in [4.69, 9.17) is 39.3 Å². The minimum Gasteiger partial charge on any atom is -0.461 e. The predicted octanol–water partition coefficient (Wildman–Crippen LogP) is 4.73. The fourth-order valence-corrected chi connectivity index (χ4v) is 8.80. The zero-order valence-electron chi connectivity index (χ0n) is 31.4. The lowest BCUT2D eigenvalue weighted by Gasteiger charge is -2.51. The minimum atomic E-state index is -2.18. The third-order valence-corrected chi connectivity index (χ3v) is 20.5. The molecule has 3 heterocycles. The summed E-state index contributed by atoms with van der Waals surface area (Å²) in [6.45, 7) is 22.7. The van der Waals surface area contributed by atoms with Gasteiger partial charge in [0.25, 0.3) is 0 Å². The molecule has 3 saturated heterocycles. The zero-order valence-corrected chi connectivity index (χ0v) is 33.4. The SMILES string of the molecule is CC(C)(C)[Si](C)(C)OC[C@@H](C[C@H](O)[C@@H]1CC2O[C@@]3(C[C@H](N)C2O1)C[C@H](N)[C@H](O)C(CC(=O)OCc1ccccc1)O3)O[Si](C)(C)C(C)(C)C. The Balaban J connectivity index is 1.41. The van der Waals surface area contributed by atoms with Crippen LogP contribution in [0.4, 0.5) is 0 Å². The number of aliphatic hydroxyl groups excluding tert-OH is 2. The zero-order chi connectivity index (χ0) is 36.6. The lowest BCUT2D eigenvalue weighted by molar-refractivity contribution is -0.341. The molecule has 0 aliphatic carbocycles. The van der Waals surface area contributed by atoms with E-state index in [1.165, 1.54) is 0 Å². The summed E-state index contributed by atoms with van der Waals surface area (Å²) in [6.07, 6.45) is -3.52. The number of nitrogens with two attached hydrogens (primary N) is 2. The number of ether oxygens (including phenoxy) is 4. The average molecular weight is 725 g/mol. The molecule has 0 amide bonds. The van der Waals surface area contributed by atoms with E-state index in [1.54, 1.807) is 0 Å². The van der Waals surface area contributed by atoms with Gasteiger partial charge in [-0.2, -0.15) is 0 Å². The molecule has 3 aliphatic heterocycles. The molecule has 3 aliphatic rings. The van der Waals surface area contributed by atoms with Crippen LogP contribution in [0.25, 0.3) is 0 Å². The van der Waals surface area contributed by atoms with Crippen molar-refractivity contribution >= 4 is 22.6 Å². The van der Waals surface area contributed by atoms with Crippen LogP contribution in [0.2, 0.25) is 36.3 Å². The topological polar surface area (TPSA) is 165 Å². The van der Waals surface area contributed by atoms with Crippen LogP contribution in [-0.2, 0) is 39.2 Å². The quantitative estimate of drug-likeness (QED) is 0.174. The molecule has 3 unspecified atom stereocenters. The van der Waals surface area contributed by atoms with Gasteiger partial charge in [0, 0.05) is 37.8 Å². The number of carbonyl (C=O) groups is 1. The van der Waals surface area contributed by atoms with E-state index in [-0.39, 0.29) is 42.0 Å². The summed E-state index contributed by atoms with van der Waals surface area (Å²) in [5, 5.41) is 22.6. The fourth-order valence-electron chi connectivity index (χ4n) is 6.41. The first kappa shape index (κ1) is 40.5. The number of benzene rings is 1. The van der Waals surface area contributed by atoms with Crippen molar-refractivity contribution in [3.05, 3.63) is 35.9 Å². The molecule has 1 spiro atoms. The Morgan fingerprint density at radius 3 is 2.20 bits per heavy atom. The Kier molecular flexibility index (Phi) is 12.7. The van der Waals surface area contributed by atoms with Crippen molar-refractivity contribution in [3.63, 3.8) is 0 Å². The Morgan fingerprint density at radius 2 is 1.59 bits per heavy atom. The number of carbonyl (C=O) groups excluding carboxylic acids is 1. The molecule has 3 fully saturated rings. The first-order chi connectivity index (χ1) is 22.5. The van der Waals surface area contributed by atoms with Gasteiger partial charge >= 0.3 is 5.97 Å². The monoisotopic (exact) mass is 724 g/mol. The second-order valence-corrected chi connectivity index (χ2v) is 27.1. The summed E-state index contributed by atoms with van der Waals surface area (Å²) < 4.78 is 38.3. The molecular weight excluding hydrogens is 661 g/mol.